The monoisotopic (exact) mass is 294 g/mol. The van der Waals surface area contributed by atoms with Crippen molar-refractivity contribution >= 4 is 16.2 Å². The normalized spacial score (nSPS) is 14.5. The molecule has 1 atom stereocenters. The van der Waals surface area contributed by atoms with Crippen LogP contribution in [0, 0.1) is 5.92 Å². The van der Waals surface area contributed by atoms with Gasteiger partial charge in [-0.3, -0.25) is 4.79 Å². The molecule has 7 heteroatoms. The Morgan fingerprint density at radius 1 is 1.26 bits per heavy atom. The van der Waals surface area contributed by atoms with Gasteiger partial charge in [-0.1, -0.05) is 20.8 Å². The lowest BCUT2D eigenvalue weighted by Gasteiger charge is -2.26. The van der Waals surface area contributed by atoms with Crippen LogP contribution in [0.1, 0.15) is 48.0 Å². The van der Waals surface area contributed by atoms with E-state index in [2.05, 4.69) is 9.44 Å². The van der Waals surface area contributed by atoms with Crippen molar-refractivity contribution in [3.63, 3.8) is 0 Å². The predicted molar refractivity (Wildman–Crippen MR) is 74.8 cm³/mol. The van der Waals surface area contributed by atoms with Gasteiger partial charge in [0.2, 0.25) is 0 Å². The van der Waals surface area contributed by atoms with Crippen molar-refractivity contribution < 1.29 is 17.9 Å². The maximum Gasteiger partial charge on any atom is 0.325 e. The van der Waals surface area contributed by atoms with Gasteiger partial charge in [0.15, 0.2) is 0 Å². The van der Waals surface area contributed by atoms with Crippen molar-refractivity contribution in [1.29, 1.82) is 0 Å². The number of nitrogens with one attached hydrogen (secondary N) is 2. The van der Waals surface area contributed by atoms with Crippen molar-refractivity contribution in [3.05, 3.63) is 0 Å². The number of rotatable bonds is 7. The second kappa shape index (κ2) is 7.21. The van der Waals surface area contributed by atoms with Crippen molar-refractivity contribution in [2.75, 3.05) is 6.54 Å². The fourth-order valence-corrected chi connectivity index (χ4v) is 2.53. The SMILES string of the molecule is CCCNS(=O)(=O)N[C@@H](C(=O)OC(C)(C)C)C(C)C. The summed E-state index contributed by atoms with van der Waals surface area (Å²) < 4.78 is 33.4. The smallest absolute Gasteiger partial charge is 0.325 e. The highest BCUT2D eigenvalue weighted by molar-refractivity contribution is 7.87. The molecule has 19 heavy (non-hydrogen) atoms. The number of esters is 1. The fraction of sp³-hybridized carbons (Fsp3) is 0.917. The van der Waals surface area contributed by atoms with Crippen LogP contribution in [0.4, 0.5) is 0 Å². The van der Waals surface area contributed by atoms with Gasteiger partial charge in [-0.05, 0) is 33.1 Å². The van der Waals surface area contributed by atoms with Gasteiger partial charge in [-0.2, -0.15) is 13.1 Å². The number of hydrogen-bond acceptors (Lipinski definition) is 4. The molecular weight excluding hydrogens is 268 g/mol. The number of hydrogen-bond donors (Lipinski definition) is 2. The molecule has 0 saturated heterocycles. The summed E-state index contributed by atoms with van der Waals surface area (Å²) in [5, 5.41) is 0. The van der Waals surface area contributed by atoms with E-state index < -0.39 is 27.8 Å². The summed E-state index contributed by atoms with van der Waals surface area (Å²) >= 11 is 0. The molecule has 0 radical (unpaired) electrons. The molecule has 0 aromatic heterocycles. The number of carbonyl (C=O) groups excluding carboxylic acids is 1. The lowest BCUT2D eigenvalue weighted by Crippen LogP contribution is -2.50. The molecule has 0 saturated carbocycles. The number of carbonyl (C=O) groups is 1. The Morgan fingerprint density at radius 2 is 1.79 bits per heavy atom. The van der Waals surface area contributed by atoms with Gasteiger partial charge >= 0.3 is 5.97 Å². The lowest BCUT2D eigenvalue weighted by atomic mass is 10.1. The standard InChI is InChI=1S/C12H26N2O4S/c1-7-8-13-19(16,17)14-10(9(2)3)11(15)18-12(4,5)6/h9-10,13-14H,7-8H2,1-6H3/t10-/m1/s1. The first-order valence-corrected chi connectivity index (χ1v) is 7.96. The summed E-state index contributed by atoms with van der Waals surface area (Å²) in [4.78, 5) is 12.0. The minimum Gasteiger partial charge on any atom is -0.459 e. The Bertz CT molecular complexity index is 385. The molecule has 114 valence electrons. The predicted octanol–water partition coefficient (Wildman–Crippen LogP) is 1.19. The van der Waals surface area contributed by atoms with Gasteiger partial charge in [-0.15, -0.1) is 0 Å². The van der Waals surface area contributed by atoms with E-state index in [0.717, 1.165) is 0 Å². The van der Waals surface area contributed by atoms with E-state index in [1.807, 2.05) is 6.92 Å². The lowest BCUT2D eigenvalue weighted by molar-refractivity contribution is -0.158. The van der Waals surface area contributed by atoms with Crippen LogP contribution in [0.3, 0.4) is 0 Å². The van der Waals surface area contributed by atoms with Crippen LogP contribution in [-0.4, -0.2) is 32.6 Å². The van der Waals surface area contributed by atoms with Crippen molar-refractivity contribution in [1.82, 2.24) is 9.44 Å². The second-order valence-corrected chi connectivity index (χ2v) is 7.30. The Kier molecular flexibility index (Phi) is 6.96. The zero-order chi connectivity index (χ0) is 15.3. The molecule has 6 nitrogen and oxygen atoms in total. The highest BCUT2D eigenvalue weighted by Crippen LogP contribution is 2.12. The summed E-state index contributed by atoms with van der Waals surface area (Å²) in [6.45, 7) is 10.9. The van der Waals surface area contributed by atoms with E-state index in [9.17, 15) is 13.2 Å². The highest BCUT2D eigenvalue weighted by Gasteiger charge is 2.31. The van der Waals surface area contributed by atoms with E-state index >= 15 is 0 Å². The Labute approximate surface area is 116 Å². The van der Waals surface area contributed by atoms with Crippen LogP contribution in [0.15, 0.2) is 0 Å². The first-order chi connectivity index (χ1) is 8.48. The minimum atomic E-state index is -3.69. The molecule has 0 fully saturated rings. The molecule has 2 N–H and O–H groups in total. The molecule has 0 aliphatic heterocycles. The largest absolute Gasteiger partial charge is 0.459 e. The van der Waals surface area contributed by atoms with Crippen molar-refractivity contribution in [3.8, 4) is 0 Å². The maximum absolute atomic E-state index is 12.0. The van der Waals surface area contributed by atoms with Crippen LogP contribution in [0.25, 0.3) is 0 Å². The van der Waals surface area contributed by atoms with E-state index in [1.54, 1.807) is 34.6 Å². The van der Waals surface area contributed by atoms with E-state index in [-0.39, 0.29) is 5.92 Å². The highest BCUT2D eigenvalue weighted by atomic mass is 32.2. The van der Waals surface area contributed by atoms with Gasteiger partial charge in [0.1, 0.15) is 11.6 Å². The molecule has 0 aromatic rings. The molecule has 0 rings (SSSR count). The zero-order valence-corrected chi connectivity index (χ0v) is 13.4. The summed E-state index contributed by atoms with van der Waals surface area (Å²) in [5.41, 5.74) is -0.646. The third-order valence-electron chi connectivity index (χ3n) is 2.15. The fourth-order valence-electron chi connectivity index (χ4n) is 1.27. The molecule has 0 heterocycles. The van der Waals surface area contributed by atoms with Crippen molar-refractivity contribution in [2.45, 2.75) is 59.6 Å². The molecular formula is C12H26N2O4S. The van der Waals surface area contributed by atoms with E-state index in [4.69, 9.17) is 4.74 Å². The van der Waals surface area contributed by atoms with Gasteiger partial charge < -0.3 is 4.74 Å². The van der Waals surface area contributed by atoms with Crippen LogP contribution >= 0.6 is 0 Å². The maximum atomic E-state index is 12.0. The number of ether oxygens (including phenoxy) is 1. The molecule has 0 spiro atoms. The summed E-state index contributed by atoms with van der Waals surface area (Å²) in [5.74, 6) is -0.766. The second-order valence-electron chi connectivity index (χ2n) is 5.77. The van der Waals surface area contributed by atoms with Gasteiger partial charge in [-0.25, -0.2) is 4.72 Å². The van der Waals surface area contributed by atoms with Crippen molar-refractivity contribution in [2.24, 2.45) is 5.92 Å². The Hall–Kier alpha value is -0.660. The average Bonchev–Trinajstić information content (AvgIpc) is 2.20. The molecule has 0 aromatic carbocycles. The molecule has 0 bridgehead atoms. The summed E-state index contributed by atoms with van der Waals surface area (Å²) in [6.07, 6.45) is 0.680. The van der Waals surface area contributed by atoms with Gasteiger partial charge in [0.05, 0.1) is 0 Å². The Morgan fingerprint density at radius 3 is 2.16 bits per heavy atom. The molecule has 0 unspecified atom stereocenters. The average molecular weight is 294 g/mol. The van der Waals surface area contributed by atoms with Crippen LogP contribution in [0.2, 0.25) is 0 Å². The topological polar surface area (TPSA) is 84.5 Å². The van der Waals surface area contributed by atoms with Crippen LogP contribution in [-0.2, 0) is 19.7 Å². The van der Waals surface area contributed by atoms with Gasteiger partial charge in [0.25, 0.3) is 10.2 Å². The molecule has 0 aliphatic rings. The minimum absolute atomic E-state index is 0.201. The summed E-state index contributed by atoms with van der Waals surface area (Å²) in [7, 11) is -3.69. The van der Waals surface area contributed by atoms with E-state index in [0.29, 0.717) is 13.0 Å². The first kappa shape index (κ1) is 18.3. The zero-order valence-electron chi connectivity index (χ0n) is 12.6. The van der Waals surface area contributed by atoms with Crippen LogP contribution < -0.4 is 9.44 Å². The van der Waals surface area contributed by atoms with E-state index in [1.165, 1.54) is 0 Å². The summed E-state index contributed by atoms with van der Waals surface area (Å²) in [6, 6.07) is -0.895. The van der Waals surface area contributed by atoms with Crippen LogP contribution in [0.5, 0.6) is 0 Å². The third kappa shape index (κ3) is 8.18. The third-order valence-corrected chi connectivity index (χ3v) is 3.30. The Balaban J connectivity index is 4.80. The van der Waals surface area contributed by atoms with Gasteiger partial charge in [0, 0.05) is 6.54 Å². The molecule has 0 aliphatic carbocycles. The first-order valence-electron chi connectivity index (χ1n) is 6.48. The molecule has 0 amide bonds. The quantitative estimate of drug-likeness (QED) is 0.691.